The lowest BCUT2D eigenvalue weighted by Crippen LogP contribution is -2.23. The summed E-state index contributed by atoms with van der Waals surface area (Å²) >= 11 is 0. The fourth-order valence-corrected chi connectivity index (χ4v) is 3.15. The molecule has 0 aliphatic carbocycles. The lowest BCUT2D eigenvalue weighted by molar-refractivity contribution is 0.00940. The minimum absolute atomic E-state index is 0.00410. The van der Waals surface area contributed by atoms with Gasteiger partial charge in [-0.25, -0.2) is 9.97 Å². The Morgan fingerprint density at radius 1 is 1.12 bits per heavy atom. The minimum atomic E-state index is -0.136. The summed E-state index contributed by atoms with van der Waals surface area (Å²) < 4.78 is 5.70. The van der Waals surface area contributed by atoms with E-state index in [-0.39, 0.29) is 12.0 Å². The summed E-state index contributed by atoms with van der Waals surface area (Å²) in [5.74, 6) is 0.586. The second kappa shape index (κ2) is 7.58. The van der Waals surface area contributed by atoms with E-state index in [0.717, 1.165) is 48.2 Å². The number of amides is 1. The number of hydrogen-bond acceptors (Lipinski definition) is 5. The molecular weight excluding hydrogens is 328 g/mol. The van der Waals surface area contributed by atoms with Crippen LogP contribution in [0.25, 0.3) is 10.9 Å². The summed E-state index contributed by atoms with van der Waals surface area (Å²) in [6.07, 6.45) is 8.44. The molecule has 1 aromatic carbocycles. The molecule has 1 amide bonds. The van der Waals surface area contributed by atoms with Crippen LogP contribution in [0.3, 0.4) is 0 Å². The first-order chi connectivity index (χ1) is 12.8. The largest absolute Gasteiger partial charge is 0.370 e. The van der Waals surface area contributed by atoms with Crippen molar-refractivity contribution in [2.24, 2.45) is 0 Å². The Hall–Kier alpha value is -2.86. The standard InChI is InChI=1S/C20H20N4O2/c25-20(16-5-3-7-17-15(16)6-4-9-21-17)24-13-14-11-22-19(23-12-14)18-8-1-2-10-26-18/h3-7,9,11-12,18H,1-2,8,10,13H2,(H,24,25)/t18-/m1/s1. The highest BCUT2D eigenvalue weighted by molar-refractivity contribution is 6.06. The van der Waals surface area contributed by atoms with Crippen molar-refractivity contribution in [1.82, 2.24) is 20.3 Å². The van der Waals surface area contributed by atoms with Gasteiger partial charge in [-0.2, -0.15) is 0 Å². The number of nitrogens with zero attached hydrogens (tertiary/aromatic N) is 3. The Bertz CT molecular complexity index is 900. The molecule has 0 spiro atoms. The van der Waals surface area contributed by atoms with Crippen molar-refractivity contribution in [2.45, 2.75) is 31.9 Å². The van der Waals surface area contributed by atoms with Crippen molar-refractivity contribution in [2.75, 3.05) is 6.61 Å². The van der Waals surface area contributed by atoms with Gasteiger partial charge < -0.3 is 10.1 Å². The van der Waals surface area contributed by atoms with Gasteiger partial charge in [0, 0.05) is 48.3 Å². The molecule has 3 heterocycles. The van der Waals surface area contributed by atoms with Crippen LogP contribution in [0.4, 0.5) is 0 Å². The molecule has 0 unspecified atom stereocenters. The Morgan fingerprint density at radius 3 is 2.81 bits per heavy atom. The number of rotatable bonds is 4. The first-order valence-corrected chi connectivity index (χ1v) is 8.85. The van der Waals surface area contributed by atoms with Gasteiger partial charge in [-0.1, -0.05) is 12.1 Å². The highest BCUT2D eigenvalue weighted by Crippen LogP contribution is 2.24. The van der Waals surface area contributed by atoms with Gasteiger partial charge in [-0.05, 0) is 37.5 Å². The van der Waals surface area contributed by atoms with Crippen molar-refractivity contribution in [3.8, 4) is 0 Å². The zero-order chi connectivity index (χ0) is 17.8. The average molecular weight is 348 g/mol. The van der Waals surface area contributed by atoms with E-state index in [2.05, 4.69) is 20.3 Å². The van der Waals surface area contributed by atoms with Crippen LogP contribution in [0, 0.1) is 0 Å². The predicted octanol–water partition coefficient (Wildman–Crippen LogP) is 3.20. The van der Waals surface area contributed by atoms with E-state index in [0.29, 0.717) is 12.1 Å². The van der Waals surface area contributed by atoms with Gasteiger partial charge in [0.1, 0.15) is 6.10 Å². The van der Waals surface area contributed by atoms with Crippen molar-refractivity contribution in [1.29, 1.82) is 0 Å². The maximum atomic E-state index is 12.5. The number of aromatic nitrogens is 3. The molecule has 6 nitrogen and oxygen atoms in total. The van der Waals surface area contributed by atoms with Gasteiger partial charge in [0.2, 0.25) is 0 Å². The van der Waals surface area contributed by atoms with Crippen LogP contribution in [0.1, 0.15) is 47.1 Å². The molecule has 3 aromatic rings. The lowest BCUT2D eigenvalue weighted by atomic mass is 10.1. The summed E-state index contributed by atoms with van der Waals surface area (Å²) in [7, 11) is 0. The number of hydrogen-bond donors (Lipinski definition) is 1. The maximum Gasteiger partial charge on any atom is 0.252 e. The van der Waals surface area contributed by atoms with Gasteiger partial charge in [0.15, 0.2) is 5.82 Å². The van der Waals surface area contributed by atoms with E-state index in [1.165, 1.54) is 0 Å². The Kier molecular flexibility index (Phi) is 4.84. The van der Waals surface area contributed by atoms with Crippen molar-refractivity contribution < 1.29 is 9.53 Å². The molecule has 2 aromatic heterocycles. The average Bonchev–Trinajstić information content (AvgIpc) is 2.72. The van der Waals surface area contributed by atoms with Crippen LogP contribution in [-0.2, 0) is 11.3 Å². The molecule has 6 heteroatoms. The first kappa shape index (κ1) is 16.6. The van der Waals surface area contributed by atoms with E-state index in [1.807, 2.05) is 24.3 Å². The smallest absolute Gasteiger partial charge is 0.252 e. The number of carbonyl (C=O) groups excluding carboxylic acids is 1. The molecule has 1 N–H and O–H groups in total. The number of fused-ring (bicyclic) bond motifs is 1. The molecule has 0 radical (unpaired) electrons. The quantitative estimate of drug-likeness (QED) is 0.783. The number of pyridine rings is 1. The molecule has 1 aliphatic heterocycles. The van der Waals surface area contributed by atoms with Gasteiger partial charge in [-0.15, -0.1) is 0 Å². The molecular formula is C20H20N4O2. The molecule has 0 bridgehead atoms. The third kappa shape index (κ3) is 3.55. The summed E-state index contributed by atoms with van der Waals surface area (Å²) in [4.78, 5) is 25.6. The van der Waals surface area contributed by atoms with Crippen LogP contribution in [-0.4, -0.2) is 27.5 Å². The normalized spacial score (nSPS) is 17.2. The predicted molar refractivity (Wildman–Crippen MR) is 97.5 cm³/mol. The first-order valence-electron chi connectivity index (χ1n) is 8.85. The summed E-state index contributed by atoms with van der Waals surface area (Å²) in [5, 5.41) is 3.77. The van der Waals surface area contributed by atoms with Crippen LogP contribution in [0.2, 0.25) is 0 Å². The van der Waals surface area contributed by atoms with Gasteiger partial charge in [0.05, 0.1) is 5.52 Å². The molecule has 1 aliphatic rings. The minimum Gasteiger partial charge on any atom is -0.370 e. The highest BCUT2D eigenvalue weighted by Gasteiger charge is 2.18. The SMILES string of the molecule is O=C(NCc1cnc([C@H]2CCCCO2)nc1)c1cccc2ncccc12. The van der Waals surface area contributed by atoms with Crippen molar-refractivity contribution >= 4 is 16.8 Å². The van der Waals surface area contributed by atoms with Crippen molar-refractivity contribution in [3.05, 3.63) is 65.9 Å². The fourth-order valence-electron chi connectivity index (χ4n) is 3.15. The van der Waals surface area contributed by atoms with E-state index < -0.39 is 0 Å². The monoisotopic (exact) mass is 348 g/mol. The number of benzene rings is 1. The number of ether oxygens (including phenoxy) is 1. The summed E-state index contributed by atoms with van der Waals surface area (Å²) in [6.45, 7) is 1.15. The zero-order valence-electron chi connectivity index (χ0n) is 14.4. The molecule has 132 valence electrons. The molecule has 0 saturated carbocycles. The number of nitrogens with one attached hydrogen (secondary N) is 1. The Balaban J connectivity index is 1.42. The summed E-state index contributed by atoms with van der Waals surface area (Å²) in [5.41, 5.74) is 2.28. The van der Waals surface area contributed by atoms with E-state index >= 15 is 0 Å². The lowest BCUT2D eigenvalue weighted by Gasteiger charge is -2.21. The molecule has 26 heavy (non-hydrogen) atoms. The molecule has 4 rings (SSSR count). The topological polar surface area (TPSA) is 77.0 Å². The van der Waals surface area contributed by atoms with Crippen molar-refractivity contribution in [3.63, 3.8) is 0 Å². The fraction of sp³-hybridized carbons (Fsp3) is 0.300. The third-order valence-electron chi connectivity index (χ3n) is 4.54. The Morgan fingerprint density at radius 2 is 2.00 bits per heavy atom. The zero-order valence-corrected chi connectivity index (χ0v) is 14.4. The van der Waals surface area contributed by atoms with Crippen LogP contribution < -0.4 is 5.32 Å². The van der Waals surface area contributed by atoms with Gasteiger partial charge in [0.25, 0.3) is 5.91 Å². The second-order valence-corrected chi connectivity index (χ2v) is 6.36. The molecule has 1 atom stereocenters. The van der Waals surface area contributed by atoms with Gasteiger partial charge in [-0.3, -0.25) is 9.78 Å². The molecule has 1 saturated heterocycles. The third-order valence-corrected chi connectivity index (χ3v) is 4.54. The van der Waals surface area contributed by atoms with Crippen LogP contribution in [0.5, 0.6) is 0 Å². The van der Waals surface area contributed by atoms with E-state index in [9.17, 15) is 4.79 Å². The number of carbonyl (C=O) groups is 1. The highest BCUT2D eigenvalue weighted by atomic mass is 16.5. The van der Waals surface area contributed by atoms with Crippen LogP contribution >= 0.6 is 0 Å². The Labute approximate surface area is 151 Å². The second-order valence-electron chi connectivity index (χ2n) is 6.36. The molecule has 1 fully saturated rings. The maximum absolute atomic E-state index is 12.5. The van der Waals surface area contributed by atoms with E-state index in [1.54, 1.807) is 24.7 Å². The van der Waals surface area contributed by atoms with Crippen LogP contribution in [0.15, 0.2) is 48.9 Å². The van der Waals surface area contributed by atoms with E-state index in [4.69, 9.17) is 4.74 Å². The van der Waals surface area contributed by atoms with Gasteiger partial charge >= 0.3 is 0 Å². The summed E-state index contributed by atoms with van der Waals surface area (Å²) in [6, 6.07) is 9.27.